The Morgan fingerprint density at radius 3 is 2.53 bits per heavy atom. The molecule has 1 aliphatic rings. The van der Waals surface area contributed by atoms with Gasteiger partial charge in [-0.15, -0.1) is 0 Å². The summed E-state index contributed by atoms with van der Waals surface area (Å²) in [6, 6.07) is 12.1. The van der Waals surface area contributed by atoms with Crippen LogP contribution in [0.4, 0.5) is 0 Å². The molecule has 0 amide bonds. The molecule has 2 aromatic rings. The van der Waals surface area contributed by atoms with Crippen molar-refractivity contribution in [1.82, 2.24) is 0 Å². The third kappa shape index (κ3) is 2.27. The van der Waals surface area contributed by atoms with Gasteiger partial charge in [0.15, 0.2) is 0 Å². The zero-order valence-corrected chi connectivity index (χ0v) is 11.5. The van der Waals surface area contributed by atoms with Gasteiger partial charge in [-0.1, -0.05) is 34.0 Å². The number of carboxylic acids is 1. The maximum atomic E-state index is 10.4. The molecule has 1 aliphatic carbocycles. The lowest BCUT2D eigenvalue weighted by Crippen LogP contribution is -1.88. The van der Waals surface area contributed by atoms with E-state index in [0.717, 1.165) is 16.5 Å². The molecule has 3 rings (SSSR count). The van der Waals surface area contributed by atoms with E-state index in [9.17, 15) is 4.79 Å². The van der Waals surface area contributed by atoms with Gasteiger partial charge >= 0.3 is 5.97 Å². The molecule has 0 unspecified atom stereocenters. The van der Waals surface area contributed by atoms with Crippen molar-refractivity contribution in [3.05, 3.63) is 57.6 Å². The monoisotopic (exact) mass is 312 g/mol. The Balaban J connectivity index is 2.04. The smallest absolute Gasteiger partial charge is 0.382 e. The fraction of sp³-hybridized carbons (Fsp3) is 0.0625. The van der Waals surface area contributed by atoms with E-state index in [-0.39, 0.29) is 0 Å². The molecule has 0 spiro atoms. The first-order chi connectivity index (χ1) is 9.13. The van der Waals surface area contributed by atoms with Gasteiger partial charge in [-0.05, 0) is 52.9 Å². The summed E-state index contributed by atoms with van der Waals surface area (Å²) in [5.41, 5.74) is 5.69. The summed E-state index contributed by atoms with van der Waals surface area (Å²) in [5, 5.41) is 8.56. The van der Waals surface area contributed by atoms with E-state index in [1.807, 2.05) is 24.3 Å². The van der Waals surface area contributed by atoms with E-state index in [1.165, 1.54) is 22.3 Å². The molecule has 19 heavy (non-hydrogen) atoms. The molecule has 0 fully saturated rings. The number of fused-ring (bicyclic) bond motifs is 3. The standard InChI is InChI=1S/C16H9BrO2/c17-13-3-5-15-12(9-13)8-11-7-10(1-4-14(11)15)2-6-16(18)19/h1,3-5,7,9H,8H2,(H,18,19). The minimum absolute atomic E-state index is 0.744. The number of aliphatic carboxylic acids is 1. The molecule has 3 heteroatoms. The molecule has 92 valence electrons. The molecule has 2 aromatic carbocycles. The number of carboxylic acid groups (broad SMARTS) is 1. The molecule has 0 aromatic heterocycles. The second-order valence-electron chi connectivity index (χ2n) is 4.41. The minimum Gasteiger partial charge on any atom is -0.472 e. The number of hydrogen-bond acceptors (Lipinski definition) is 1. The van der Waals surface area contributed by atoms with Crippen LogP contribution in [0.1, 0.15) is 16.7 Å². The number of benzene rings is 2. The van der Waals surface area contributed by atoms with Crippen molar-refractivity contribution in [3.63, 3.8) is 0 Å². The quantitative estimate of drug-likeness (QED) is 0.645. The Morgan fingerprint density at radius 2 is 1.79 bits per heavy atom. The number of rotatable bonds is 0. The van der Waals surface area contributed by atoms with E-state index in [1.54, 1.807) is 0 Å². The van der Waals surface area contributed by atoms with Gasteiger partial charge in [-0.3, -0.25) is 0 Å². The van der Waals surface area contributed by atoms with Crippen molar-refractivity contribution in [2.75, 3.05) is 0 Å². The summed E-state index contributed by atoms with van der Waals surface area (Å²) < 4.78 is 1.07. The molecular formula is C16H9BrO2. The second-order valence-corrected chi connectivity index (χ2v) is 5.32. The van der Waals surface area contributed by atoms with Crippen molar-refractivity contribution in [1.29, 1.82) is 0 Å². The third-order valence-electron chi connectivity index (χ3n) is 3.16. The lowest BCUT2D eigenvalue weighted by Gasteiger charge is -2.01. The molecule has 0 saturated carbocycles. The van der Waals surface area contributed by atoms with Gasteiger partial charge in [0.05, 0.1) is 0 Å². The molecule has 2 nitrogen and oxygen atoms in total. The fourth-order valence-corrected chi connectivity index (χ4v) is 2.79. The zero-order chi connectivity index (χ0) is 13.4. The molecule has 0 atom stereocenters. The van der Waals surface area contributed by atoms with Crippen molar-refractivity contribution in [2.45, 2.75) is 6.42 Å². The Labute approximate surface area is 119 Å². The molecule has 0 heterocycles. The van der Waals surface area contributed by atoms with Crippen LogP contribution in [0.5, 0.6) is 0 Å². The Kier molecular flexibility index (Phi) is 2.88. The van der Waals surface area contributed by atoms with Gasteiger partial charge in [-0.25, -0.2) is 4.79 Å². The van der Waals surface area contributed by atoms with E-state index in [0.29, 0.717) is 0 Å². The van der Waals surface area contributed by atoms with Crippen LogP contribution in [-0.2, 0) is 11.2 Å². The highest BCUT2D eigenvalue weighted by Gasteiger charge is 2.18. The van der Waals surface area contributed by atoms with Crippen LogP contribution in [0.3, 0.4) is 0 Å². The number of carbonyl (C=O) groups is 1. The van der Waals surface area contributed by atoms with Gasteiger partial charge < -0.3 is 5.11 Å². The van der Waals surface area contributed by atoms with Crippen LogP contribution < -0.4 is 0 Å². The average Bonchev–Trinajstić information content (AvgIpc) is 2.72. The largest absolute Gasteiger partial charge is 0.472 e. The van der Waals surface area contributed by atoms with E-state index >= 15 is 0 Å². The predicted molar refractivity (Wildman–Crippen MR) is 76.9 cm³/mol. The lowest BCUT2D eigenvalue weighted by molar-refractivity contribution is -0.130. The highest BCUT2D eigenvalue weighted by molar-refractivity contribution is 9.10. The normalized spacial score (nSPS) is 11.2. The van der Waals surface area contributed by atoms with Crippen LogP contribution in [0.15, 0.2) is 40.9 Å². The Bertz CT molecular complexity index is 751. The van der Waals surface area contributed by atoms with Crippen LogP contribution in [0.25, 0.3) is 11.1 Å². The molecule has 0 saturated heterocycles. The van der Waals surface area contributed by atoms with Gasteiger partial charge in [0.25, 0.3) is 0 Å². The topological polar surface area (TPSA) is 37.3 Å². The summed E-state index contributed by atoms with van der Waals surface area (Å²) in [6.07, 6.45) is 0.868. The van der Waals surface area contributed by atoms with Crippen LogP contribution >= 0.6 is 15.9 Å². The first-order valence-corrected chi connectivity index (χ1v) is 6.59. The summed E-state index contributed by atoms with van der Waals surface area (Å²) >= 11 is 3.48. The highest BCUT2D eigenvalue weighted by Crippen LogP contribution is 2.38. The maximum absolute atomic E-state index is 10.4. The average molecular weight is 313 g/mol. The van der Waals surface area contributed by atoms with E-state index in [2.05, 4.69) is 39.9 Å². The zero-order valence-electron chi connectivity index (χ0n) is 9.90. The van der Waals surface area contributed by atoms with Gasteiger partial charge in [0, 0.05) is 16.0 Å². The first-order valence-electron chi connectivity index (χ1n) is 5.80. The van der Waals surface area contributed by atoms with Crippen LogP contribution in [0, 0.1) is 11.8 Å². The minimum atomic E-state index is -1.10. The predicted octanol–water partition coefficient (Wildman–Crippen LogP) is 3.46. The fourth-order valence-electron chi connectivity index (χ4n) is 2.38. The molecule has 0 bridgehead atoms. The molecule has 1 N–H and O–H groups in total. The van der Waals surface area contributed by atoms with Crippen molar-refractivity contribution in [2.24, 2.45) is 0 Å². The highest BCUT2D eigenvalue weighted by atomic mass is 79.9. The van der Waals surface area contributed by atoms with Gasteiger partial charge in [0.1, 0.15) is 0 Å². The van der Waals surface area contributed by atoms with Gasteiger partial charge in [-0.2, -0.15) is 0 Å². The molecule has 0 aliphatic heterocycles. The summed E-state index contributed by atoms with van der Waals surface area (Å²) in [5.74, 6) is 3.69. The maximum Gasteiger partial charge on any atom is 0.382 e. The van der Waals surface area contributed by atoms with Crippen LogP contribution in [0.2, 0.25) is 0 Å². The van der Waals surface area contributed by atoms with Crippen molar-refractivity contribution < 1.29 is 9.90 Å². The van der Waals surface area contributed by atoms with Crippen molar-refractivity contribution in [3.8, 4) is 23.0 Å². The lowest BCUT2D eigenvalue weighted by atomic mass is 10.0. The van der Waals surface area contributed by atoms with Crippen molar-refractivity contribution >= 4 is 21.9 Å². The first kappa shape index (κ1) is 12.0. The SMILES string of the molecule is O=C(O)C#Cc1ccc2c(c1)Cc1cc(Br)ccc1-2. The molecular weight excluding hydrogens is 304 g/mol. The second kappa shape index (κ2) is 4.56. The van der Waals surface area contributed by atoms with Gasteiger partial charge in [0.2, 0.25) is 0 Å². The summed E-state index contributed by atoms with van der Waals surface area (Å²) in [6.45, 7) is 0. The Hall–Kier alpha value is -2.05. The number of hydrogen-bond donors (Lipinski definition) is 1. The summed E-state index contributed by atoms with van der Waals surface area (Å²) in [4.78, 5) is 10.4. The number of halogens is 1. The van der Waals surface area contributed by atoms with E-state index < -0.39 is 5.97 Å². The Morgan fingerprint density at radius 1 is 1.11 bits per heavy atom. The molecule has 0 radical (unpaired) electrons. The third-order valence-corrected chi connectivity index (χ3v) is 3.65. The van der Waals surface area contributed by atoms with E-state index in [4.69, 9.17) is 5.11 Å². The summed E-state index contributed by atoms with van der Waals surface area (Å²) in [7, 11) is 0. The van der Waals surface area contributed by atoms with Crippen LogP contribution in [-0.4, -0.2) is 11.1 Å².